The topological polar surface area (TPSA) is 29.5 Å². The number of fused-ring (bicyclic) bond motifs is 1. The molecule has 1 aliphatic rings. The van der Waals surface area contributed by atoms with Gasteiger partial charge in [-0.25, -0.2) is 4.39 Å². The molecule has 108 valence electrons. The first-order valence-corrected chi connectivity index (χ1v) is 6.97. The molecule has 0 saturated heterocycles. The SMILES string of the molecule is CC(=O)c1cccc(F)c1N1CCCOc2ccccc21. The number of carbonyl (C=O) groups excluding carboxylic acids is 1. The molecule has 0 atom stereocenters. The van der Waals surface area contributed by atoms with Gasteiger partial charge in [-0.2, -0.15) is 0 Å². The van der Waals surface area contributed by atoms with Crippen molar-refractivity contribution >= 4 is 17.2 Å². The van der Waals surface area contributed by atoms with Crippen LogP contribution >= 0.6 is 0 Å². The number of hydrogen-bond donors (Lipinski definition) is 0. The van der Waals surface area contributed by atoms with Gasteiger partial charge in [0.2, 0.25) is 0 Å². The fourth-order valence-corrected chi connectivity index (χ4v) is 2.63. The number of anilines is 2. The summed E-state index contributed by atoms with van der Waals surface area (Å²) in [5.41, 5.74) is 1.53. The standard InChI is InChI=1S/C17H16FNO2/c1-12(20)13-6-4-7-14(18)17(13)19-10-5-11-21-16-9-3-2-8-15(16)19/h2-4,6-9H,5,10-11H2,1H3. The molecule has 0 amide bonds. The average Bonchev–Trinajstić information content (AvgIpc) is 2.69. The smallest absolute Gasteiger partial charge is 0.162 e. The van der Waals surface area contributed by atoms with E-state index in [1.54, 1.807) is 12.1 Å². The Kier molecular flexibility index (Phi) is 3.60. The molecule has 1 aliphatic heterocycles. The minimum absolute atomic E-state index is 0.146. The monoisotopic (exact) mass is 285 g/mol. The summed E-state index contributed by atoms with van der Waals surface area (Å²) >= 11 is 0. The molecule has 0 aliphatic carbocycles. The van der Waals surface area contributed by atoms with Crippen LogP contribution in [-0.4, -0.2) is 18.9 Å². The number of nitrogens with zero attached hydrogens (tertiary/aromatic N) is 1. The Morgan fingerprint density at radius 2 is 2.00 bits per heavy atom. The maximum Gasteiger partial charge on any atom is 0.162 e. The van der Waals surface area contributed by atoms with Crippen LogP contribution in [0.15, 0.2) is 42.5 Å². The van der Waals surface area contributed by atoms with Gasteiger partial charge in [0.1, 0.15) is 11.6 Å². The van der Waals surface area contributed by atoms with Gasteiger partial charge < -0.3 is 9.64 Å². The Hall–Kier alpha value is -2.36. The van der Waals surface area contributed by atoms with Crippen LogP contribution in [0.2, 0.25) is 0 Å². The van der Waals surface area contributed by atoms with Crippen LogP contribution in [0.4, 0.5) is 15.8 Å². The molecule has 1 heterocycles. The fourth-order valence-electron chi connectivity index (χ4n) is 2.63. The number of para-hydroxylation sites is 3. The third-order valence-corrected chi connectivity index (χ3v) is 3.58. The molecule has 0 fully saturated rings. The summed E-state index contributed by atoms with van der Waals surface area (Å²) in [4.78, 5) is 13.7. The van der Waals surface area contributed by atoms with E-state index >= 15 is 0 Å². The van der Waals surface area contributed by atoms with Crippen LogP contribution in [0.1, 0.15) is 23.7 Å². The van der Waals surface area contributed by atoms with Crippen molar-refractivity contribution in [3.8, 4) is 5.75 Å². The molecule has 0 spiro atoms. The highest BCUT2D eigenvalue weighted by Crippen LogP contribution is 2.38. The summed E-state index contributed by atoms with van der Waals surface area (Å²) < 4.78 is 20.1. The minimum atomic E-state index is -0.389. The number of benzene rings is 2. The summed E-state index contributed by atoms with van der Waals surface area (Å²) in [6, 6.07) is 12.1. The summed E-state index contributed by atoms with van der Waals surface area (Å²) in [5.74, 6) is 0.180. The van der Waals surface area contributed by atoms with Crippen molar-refractivity contribution in [2.75, 3.05) is 18.1 Å². The molecular formula is C17H16FNO2. The van der Waals surface area contributed by atoms with E-state index in [4.69, 9.17) is 4.74 Å². The lowest BCUT2D eigenvalue weighted by molar-refractivity contribution is 0.101. The highest BCUT2D eigenvalue weighted by atomic mass is 19.1. The Morgan fingerprint density at radius 3 is 2.81 bits per heavy atom. The van der Waals surface area contributed by atoms with Crippen LogP contribution in [0.3, 0.4) is 0 Å². The van der Waals surface area contributed by atoms with Crippen LogP contribution in [-0.2, 0) is 0 Å². The highest BCUT2D eigenvalue weighted by Gasteiger charge is 2.23. The Morgan fingerprint density at radius 1 is 1.19 bits per heavy atom. The molecule has 0 bridgehead atoms. The fraction of sp³-hybridized carbons (Fsp3) is 0.235. The molecule has 0 N–H and O–H groups in total. The first kappa shape index (κ1) is 13.6. The number of carbonyl (C=O) groups is 1. The van der Waals surface area contributed by atoms with Crippen molar-refractivity contribution < 1.29 is 13.9 Å². The third kappa shape index (κ3) is 2.49. The molecule has 0 aromatic heterocycles. The number of hydrogen-bond acceptors (Lipinski definition) is 3. The molecule has 0 radical (unpaired) electrons. The van der Waals surface area contributed by atoms with E-state index in [1.165, 1.54) is 13.0 Å². The number of ether oxygens (including phenoxy) is 1. The number of rotatable bonds is 2. The van der Waals surface area contributed by atoms with Gasteiger partial charge in [0.05, 0.1) is 18.0 Å². The molecule has 3 rings (SSSR count). The predicted octanol–water partition coefficient (Wildman–Crippen LogP) is 3.95. The lowest BCUT2D eigenvalue weighted by Crippen LogP contribution is -2.21. The van der Waals surface area contributed by atoms with Crippen molar-refractivity contribution in [3.05, 3.63) is 53.8 Å². The van der Waals surface area contributed by atoms with Crippen molar-refractivity contribution in [1.29, 1.82) is 0 Å². The second-order valence-corrected chi connectivity index (χ2v) is 5.01. The van der Waals surface area contributed by atoms with Gasteiger partial charge in [-0.05, 0) is 37.6 Å². The molecule has 4 heteroatoms. The van der Waals surface area contributed by atoms with E-state index in [2.05, 4.69) is 0 Å². The number of ketones is 1. The third-order valence-electron chi connectivity index (χ3n) is 3.58. The van der Waals surface area contributed by atoms with E-state index in [0.717, 1.165) is 12.1 Å². The van der Waals surface area contributed by atoms with Crippen LogP contribution < -0.4 is 9.64 Å². The maximum absolute atomic E-state index is 14.4. The van der Waals surface area contributed by atoms with E-state index in [1.807, 2.05) is 29.2 Å². The lowest BCUT2D eigenvalue weighted by Gasteiger charge is -2.26. The lowest BCUT2D eigenvalue weighted by atomic mass is 10.1. The zero-order valence-electron chi connectivity index (χ0n) is 11.8. The minimum Gasteiger partial charge on any atom is -0.491 e. The molecule has 0 saturated carbocycles. The first-order valence-electron chi connectivity index (χ1n) is 6.97. The average molecular weight is 285 g/mol. The van der Waals surface area contributed by atoms with Crippen LogP contribution in [0, 0.1) is 5.82 Å². The Labute approximate surface area is 123 Å². The van der Waals surface area contributed by atoms with Gasteiger partial charge in [0.15, 0.2) is 5.78 Å². The summed E-state index contributed by atoms with van der Waals surface area (Å²) in [7, 11) is 0. The van der Waals surface area contributed by atoms with Crippen LogP contribution in [0.25, 0.3) is 0 Å². The van der Waals surface area contributed by atoms with Crippen molar-refractivity contribution in [1.82, 2.24) is 0 Å². The van der Waals surface area contributed by atoms with Crippen molar-refractivity contribution in [2.24, 2.45) is 0 Å². The predicted molar refractivity (Wildman–Crippen MR) is 80.0 cm³/mol. The normalized spacial score (nSPS) is 14.1. The summed E-state index contributed by atoms with van der Waals surface area (Å²) in [6.07, 6.45) is 0.764. The van der Waals surface area contributed by atoms with E-state index in [-0.39, 0.29) is 11.6 Å². The van der Waals surface area contributed by atoms with Crippen molar-refractivity contribution in [3.63, 3.8) is 0 Å². The Bertz CT molecular complexity index is 684. The zero-order valence-corrected chi connectivity index (χ0v) is 11.8. The molecule has 21 heavy (non-hydrogen) atoms. The maximum atomic E-state index is 14.4. The largest absolute Gasteiger partial charge is 0.491 e. The van der Waals surface area contributed by atoms with Gasteiger partial charge in [-0.1, -0.05) is 18.2 Å². The summed E-state index contributed by atoms with van der Waals surface area (Å²) in [6.45, 7) is 2.65. The molecule has 2 aromatic rings. The quantitative estimate of drug-likeness (QED) is 0.782. The van der Waals surface area contributed by atoms with Gasteiger partial charge in [-0.15, -0.1) is 0 Å². The van der Waals surface area contributed by atoms with E-state index in [9.17, 15) is 9.18 Å². The zero-order chi connectivity index (χ0) is 14.8. The van der Waals surface area contributed by atoms with Gasteiger partial charge in [0, 0.05) is 12.1 Å². The van der Waals surface area contributed by atoms with E-state index < -0.39 is 0 Å². The van der Waals surface area contributed by atoms with Crippen molar-refractivity contribution in [2.45, 2.75) is 13.3 Å². The molecule has 0 unspecified atom stereocenters. The first-order chi connectivity index (χ1) is 10.2. The second-order valence-electron chi connectivity index (χ2n) is 5.01. The number of Topliss-reactive ketones (excluding diaryl/α,β-unsaturated/α-hetero) is 1. The number of halogens is 1. The van der Waals surface area contributed by atoms with E-state index in [0.29, 0.717) is 30.2 Å². The van der Waals surface area contributed by atoms with Gasteiger partial charge in [0.25, 0.3) is 0 Å². The molecular weight excluding hydrogens is 269 g/mol. The van der Waals surface area contributed by atoms with Gasteiger partial charge in [-0.3, -0.25) is 4.79 Å². The summed E-state index contributed by atoms with van der Waals surface area (Å²) in [5, 5.41) is 0. The Balaban J connectivity index is 2.19. The second kappa shape index (κ2) is 5.56. The van der Waals surface area contributed by atoms with Gasteiger partial charge >= 0.3 is 0 Å². The molecule has 3 nitrogen and oxygen atoms in total. The highest BCUT2D eigenvalue weighted by molar-refractivity contribution is 6.01. The molecule has 2 aromatic carbocycles. The van der Waals surface area contributed by atoms with Crippen LogP contribution in [0.5, 0.6) is 5.75 Å².